The summed E-state index contributed by atoms with van der Waals surface area (Å²) in [6.07, 6.45) is 8.84. The van der Waals surface area contributed by atoms with Crippen molar-refractivity contribution in [2.75, 3.05) is 38.1 Å². The van der Waals surface area contributed by atoms with E-state index < -0.39 is 0 Å². The van der Waals surface area contributed by atoms with Crippen LogP contribution in [0.15, 0.2) is 42.9 Å². The molecule has 2 aliphatic rings. The number of urea groups is 1. The number of hydrogen-bond acceptors (Lipinski definition) is 4. The van der Waals surface area contributed by atoms with Crippen LogP contribution in [0, 0.1) is 0 Å². The first kappa shape index (κ1) is 20.5. The Morgan fingerprint density at radius 2 is 1.97 bits per heavy atom. The molecule has 3 aromatic rings. The molecule has 2 amide bonds. The fourth-order valence-corrected chi connectivity index (χ4v) is 4.53. The Kier molecular flexibility index (Phi) is 5.33. The van der Waals surface area contributed by atoms with Crippen LogP contribution in [-0.4, -0.2) is 63.6 Å². The Bertz CT molecular complexity index is 1190. The van der Waals surface area contributed by atoms with Gasteiger partial charge in [-0.05, 0) is 48.1 Å². The number of fused-ring (bicyclic) bond motifs is 1. The van der Waals surface area contributed by atoms with Crippen molar-refractivity contribution in [1.82, 2.24) is 24.3 Å². The molecule has 0 spiro atoms. The number of benzene rings is 1. The minimum Gasteiger partial charge on any atom is -0.334 e. The summed E-state index contributed by atoms with van der Waals surface area (Å²) in [4.78, 5) is 27.5. The molecule has 2 aliphatic heterocycles. The van der Waals surface area contributed by atoms with E-state index in [1.807, 2.05) is 33.9 Å². The molecule has 0 N–H and O–H groups in total. The SMILES string of the molecule is CCc1cc(C2=CCN(C(=O)N3CCC3)CC2)ccc1N(C)c1cc2c(cn1)ncn2C. The number of likely N-dealkylation sites (tertiary alicyclic amines) is 1. The third kappa shape index (κ3) is 3.61. The standard InChI is InChI=1S/C25H30N6O/c1-4-18-14-20(19-8-12-31(13-9-19)25(32)30-10-5-11-30)6-7-22(18)29(3)24-15-23-21(16-26-24)27-17-28(23)2/h6-8,14-17H,4-5,9-13H2,1-3H3. The molecule has 1 saturated heterocycles. The molecule has 0 bridgehead atoms. The number of anilines is 2. The molecule has 0 saturated carbocycles. The molecule has 7 nitrogen and oxygen atoms in total. The number of carbonyl (C=O) groups excluding carboxylic acids is 1. The molecule has 7 heteroatoms. The quantitative estimate of drug-likeness (QED) is 0.622. The maximum atomic E-state index is 12.5. The first-order valence-electron chi connectivity index (χ1n) is 11.4. The van der Waals surface area contributed by atoms with Gasteiger partial charge in [-0.1, -0.05) is 19.1 Å². The van der Waals surface area contributed by atoms with Gasteiger partial charge in [-0.3, -0.25) is 0 Å². The minimum atomic E-state index is 0.190. The number of rotatable bonds is 4. The summed E-state index contributed by atoms with van der Waals surface area (Å²) in [6, 6.07) is 8.97. The van der Waals surface area contributed by atoms with Gasteiger partial charge in [-0.15, -0.1) is 0 Å². The molecule has 0 aliphatic carbocycles. The number of aryl methyl sites for hydroxylation is 2. The number of amides is 2. The number of hydrogen-bond donors (Lipinski definition) is 0. The van der Waals surface area contributed by atoms with Gasteiger partial charge in [0.2, 0.25) is 0 Å². The third-order valence-electron chi connectivity index (χ3n) is 6.74. The molecule has 2 aromatic heterocycles. The highest BCUT2D eigenvalue weighted by molar-refractivity contribution is 5.80. The Morgan fingerprint density at radius 3 is 2.66 bits per heavy atom. The fraction of sp³-hybridized carbons (Fsp3) is 0.400. The zero-order chi connectivity index (χ0) is 22.2. The summed E-state index contributed by atoms with van der Waals surface area (Å²) in [5, 5.41) is 0. The molecule has 1 fully saturated rings. The van der Waals surface area contributed by atoms with Crippen LogP contribution < -0.4 is 4.90 Å². The molecule has 5 rings (SSSR count). The molecule has 0 atom stereocenters. The van der Waals surface area contributed by atoms with Crippen LogP contribution in [0.2, 0.25) is 0 Å². The maximum Gasteiger partial charge on any atom is 0.320 e. The summed E-state index contributed by atoms with van der Waals surface area (Å²) < 4.78 is 2.02. The average Bonchev–Trinajstić information content (AvgIpc) is 3.17. The number of aromatic nitrogens is 3. The van der Waals surface area contributed by atoms with Gasteiger partial charge in [0, 0.05) is 52.0 Å². The summed E-state index contributed by atoms with van der Waals surface area (Å²) in [6.45, 7) is 5.49. The van der Waals surface area contributed by atoms with Gasteiger partial charge < -0.3 is 19.3 Å². The Labute approximate surface area is 189 Å². The van der Waals surface area contributed by atoms with Crippen LogP contribution in [-0.2, 0) is 13.5 Å². The highest BCUT2D eigenvalue weighted by Crippen LogP contribution is 2.32. The van der Waals surface area contributed by atoms with Gasteiger partial charge in [0.1, 0.15) is 11.3 Å². The van der Waals surface area contributed by atoms with Crippen LogP contribution in [0.25, 0.3) is 16.6 Å². The third-order valence-corrected chi connectivity index (χ3v) is 6.74. The van der Waals surface area contributed by atoms with E-state index in [4.69, 9.17) is 0 Å². The van der Waals surface area contributed by atoms with Gasteiger partial charge in [0.05, 0.1) is 18.0 Å². The lowest BCUT2D eigenvalue weighted by Gasteiger charge is -2.37. The van der Waals surface area contributed by atoms with Gasteiger partial charge >= 0.3 is 6.03 Å². The lowest BCUT2D eigenvalue weighted by molar-refractivity contribution is 0.130. The lowest BCUT2D eigenvalue weighted by atomic mass is 9.96. The smallest absolute Gasteiger partial charge is 0.320 e. The number of imidazole rings is 1. The Hall–Kier alpha value is -3.35. The lowest BCUT2D eigenvalue weighted by Crippen LogP contribution is -2.50. The maximum absolute atomic E-state index is 12.5. The fourth-order valence-electron chi connectivity index (χ4n) is 4.53. The van der Waals surface area contributed by atoms with E-state index in [1.165, 1.54) is 16.7 Å². The van der Waals surface area contributed by atoms with Crippen molar-refractivity contribution in [2.24, 2.45) is 7.05 Å². The van der Waals surface area contributed by atoms with Crippen molar-refractivity contribution in [1.29, 1.82) is 0 Å². The van der Waals surface area contributed by atoms with Crippen molar-refractivity contribution in [3.05, 3.63) is 54.0 Å². The van der Waals surface area contributed by atoms with E-state index in [1.54, 1.807) is 0 Å². The first-order valence-corrected chi connectivity index (χ1v) is 11.4. The predicted octanol–water partition coefficient (Wildman–Crippen LogP) is 4.21. The molecule has 32 heavy (non-hydrogen) atoms. The van der Waals surface area contributed by atoms with Gasteiger partial charge in [-0.2, -0.15) is 0 Å². The van der Waals surface area contributed by atoms with Crippen LogP contribution in [0.3, 0.4) is 0 Å². The topological polar surface area (TPSA) is 57.5 Å². The monoisotopic (exact) mass is 430 g/mol. The molecular weight excluding hydrogens is 400 g/mol. The number of nitrogens with zero attached hydrogens (tertiary/aromatic N) is 6. The molecule has 166 valence electrons. The van der Waals surface area contributed by atoms with Crippen molar-refractivity contribution in [2.45, 2.75) is 26.2 Å². The van der Waals surface area contributed by atoms with E-state index in [2.05, 4.69) is 59.2 Å². The molecular formula is C25H30N6O. The summed E-state index contributed by atoms with van der Waals surface area (Å²) in [5.74, 6) is 0.903. The summed E-state index contributed by atoms with van der Waals surface area (Å²) in [5.41, 5.74) is 7.01. The van der Waals surface area contributed by atoms with Crippen molar-refractivity contribution in [3.8, 4) is 0 Å². The van der Waals surface area contributed by atoms with E-state index >= 15 is 0 Å². The van der Waals surface area contributed by atoms with E-state index in [0.717, 1.165) is 61.4 Å². The first-order chi connectivity index (χ1) is 15.5. The van der Waals surface area contributed by atoms with Crippen molar-refractivity contribution in [3.63, 3.8) is 0 Å². The molecule has 0 radical (unpaired) electrons. The van der Waals surface area contributed by atoms with E-state index in [0.29, 0.717) is 6.54 Å². The Balaban J connectivity index is 1.37. The normalized spacial score (nSPS) is 16.2. The largest absolute Gasteiger partial charge is 0.334 e. The van der Waals surface area contributed by atoms with E-state index in [9.17, 15) is 4.79 Å². The zero-order valence-electron chi connectivity index (χ0n) is 19.1. The second kappa shape index (κ2) is 8.30. The number of carbonyl (C=O) groups is 1. The molecule has 0 unspecified atom stereocenters. The molecule has 4 heterocycles. The summed E-state index contributed by atoms with van der Waals surface area (Å²) in [7, 11) is 4.07. The van der Waals surface area contributed by atoms with Gasteiger partial charge in [-0.25, -0.2) is 14.8 Å². The Morgan fingerprint density at radius 1 is 1.12 bits per heavy atom. The number of pyridine rings is 1. The van der Waals surface area contributed by atoms with Gasteiger partial charge in [0.25, 0.3) is 0 Å². The second-order valence-electron chi connectivity index (χ2n) is 8.69. The summed E-state index contributed by atoms with van der Waals surface area (Å²) >= 11 is 0. The van der Waals surface area contributed by atoms with Crippen LogP contribution in [0.5, 0.6) is 0 Å². The highest BCUT2D eigenvalue weighted by atomic mass is 16.2. The van der Waals surface area contributed by atoms with Crippen LogP contribution in [0.4, 0.5) is 16.3 Å². The molecule has 1 aromatic carbocycles. The minimum absolute atomic E-state index is 0.190. The highest BCUT2D eigenvalue weighted by Gasteiger charge is 2.26. The van der Waals surface area contributed by atoms with Crippen LogP contribution in [0.1, 0.15) is 30.9 Å². The van der Waals surface area contributed by atoms with Crippen molar-refractivity contribution < 1.29 is 4.79 Å². The zero-order valence-corrected chi connectivity index (χ0v) is 19.1. The van der Waals surface area contributed by atoms with E-state index in [-0.39, 0.29) is 6.03 Å². The average molecular weight is 431 g/mol. The van der Waals surface area contributed by atoms with Gasteiger partial charge in [0.15, 0.2) is 0 Å². The van der Waals surface area contributed by atoms with Crippen LogP contribution >= 0.6 is 0 Å². The second-order valence-corrected chi connectivity index (χ2v) is 8.69. The van der Waals surface area contributed by atoms with Crippen molar-refractivity contribution >= 4 is 34.1 Å². The predicted molar refractivity (Wildman–Crippen MR) is 128 cm³/mol.